The number of nitrogens with zero attached hydrogens (tertiary/aromatic N) is 3. The molecule has 3 heterocycles. The number of aromatic nitrogens is 2. The minimum absolute atomic E-state index is 0. The molecule has 152 valence electrons. The molecule has 2 aliphatic heterocycles. The molecule has 5 rings (SSSR count). The molecule has 2 N–H and O–H groups in total. The van der Waals surface area contributed by atoms with Crippen LogP contribution in [0.3, 0.4) is 0 Å². The zero-order valence-electron chi connectivity index (χ0n) is 15.7. The van der Waals surface area contributed by atoms with Gasteiger partial charge in [0.1, 0.15) is 30.3 Å². The van der Waals surface area contributed by atoms with E-state index in [0.717, 1.165) is 30.8 Å². The average Bonchev–Trinajstić information content (AvgIpc) is 2.89. The molecule has 0 bridgehead atoms. The summed E-state index contributed by atoms with van der Waals surface area (Å²) in [5.74, 6) is 1.99. The van der Waals surface area contributed by atoms with Crippen molar-refractivity contribution in [2.24, 2.45) is 0 Å². The van der Waals surface area contributed by atoms with Crippen molar-refractivity contribution in [1.29, 1.82) is 0 Å². The molecular weight excluding hydrogens is 415 g/mol. The fourth-order valence-electron chi connectivity index (χ4n) is 4.01. The predicted molar refractivity (Wildman–Crippen MR) is 115 cm³/mol. The van der Waals surface area contributed by atoms with Crippen molar-refractivity contribution in [2.75, 3.05) is 38.3 Å². The molecule has 2 aliphatic rings. The van der Waals surface area contributed by atoms with Crippen LogP contribution < -0.4 is 19.7 Å². The van der Waals surface area contributed by atoms with Gasteiger partial charge in [0.2, 0.25) is 0 Å². The van der Waals surface area contributed by atoms with Gasteiger partial charge >= 0.3 is 0 Å². The van der Waals surface area contributed by atoms with E-state index in [4.69, 9.17) is 21.1 Å². The van der Waals surface area contributed by atoms with Crippen molar-refractivity contribution in [1.82, 2.24) is 15.3 Å². The highest BCUT2D eigenvalue weighted by Crippen LogP contribution is 2.49. The molecule has 9 heteroatoms. The molecule has 0 spiro atoms. The number of hydrogen-bond donors (Lipinski definition) is 2. The van der Waals surface area contributed by atoms with E-state index in [2.05, 4.69) is 20.2 Å². The summed E-state index contributed by atoms with van der Waals surface area (Å²) in [6.07, 6.45) is 1.56. The Morgan fingerprint density at radius 2 is 2.21 bits per heavy atom. The molecule has 0 amide bonds. The van der Waals surface area contributed by atoms with Gasteiger partial charge in [-0.25, -0.2) is 9.97 Å². The minimum Gasteiger partial charge on any atom is -0.507 e. The lowest BCUT2D eigenvalue weighted by Gasteiger charge is -2.35. The Morgan fingerprint density at radius 3 is 3.03 bits per heavy atom. The quantitative estimate of drug-likeness (QED) is 0.640. The molecule has 1 fully saturated rings. The third-order valence-electron chi connectivity index (χ3n) is 5.34. The van der Waals surface area contributed by atoms with Crippen LogP contribution in [0.2, 0.25) is 5.02 Å². The number of halogens is 2. The van der Waals surface area contributed by atoms with Crippen LogP contribution in [0.15, 0.2) is 30.6 Å². The number of phenols is 1. The van der Waals surface area contributed by atoms with Gasteiger partial charge in [0.05, 0.1) is 34.6 Å². The summed E-state index contributed by atoms with van der Waals surface area (Å²) < 4.78 is 11.6. The number of nitrogens with one attached hydrogen (secondary N) is 1. The normalized spacial score (nSPS) is 17.7. The van der Waals surface area contributed by atoms with Crippen molar-refractivity contribution in [3.63, 3.8) is 0 Å². The predicted octanol–water partition coefficient (Wildman–Crippen LogP) is 3.26. The van der Waals surface area contributed by atoms with Crippen molar-refractivity contribution >= 4 is 40.7 Å². The second kappa shape index (κ2) is 7.74. The van der Waals surface area contributed by atoms with Gasteiger partial charge < -0.3 is 24.8 Å². The molecule has 2 aromatic carbocycles. The van der Waals surface area contributed by atoms with E-state index in [1.54, 1.807) is 31.6 Å². The largest absolute Gasteiger partial charge is 0.507 e. The zero-order chi connectivity index (χ0) is 19.3. The Kier molecular flexibility index (Phi) is 5.29. The number of benzene rings is 2. The first-order chi connectivity index (χ1) is 13.7. The van der Waals surface area contributed by atoms with Gasteiger partial charge in [-0.3, -0.25) is 0 Å². The Bertz CT molecular complexity index is 1080. The monoisotopic (exact) mass is 434 g/mol. The maximum absolute atomic E-state index is 10.5. The van der Waals surface area contributed by atoms with E-state index in [1.165, 1.54) is 0 Å². The van der Waals surface area contributed by atoms with Crippen LogP contribution in [0.1, 0.15) is 0 Å². The van der Waals surface area contributed by atoms with Gasteiger partial charge in [-0.05, 0) is 18.2 Å². The smallest absolute Gasteiger partial charge is 0.151 e. The third kappa shape index (κ3) is 3.10. The number of hydrogen-bond acceptors (Lipinski definition) is 7. The number of methoxy groups -OCH3 is 1. The summed E-state index contributed by atoms with van der Waals surface area (Å²) in [4.78, 5) is 11.3. The Balaban J connectivity index is 0.00000205. The molecule has 7 nitrogen and oxygen atoms in total. The summed E-state index contributed by atoms with van der Waals surface area (Å²) >= 11 is 6.82. The summed E-state index contributed by atoms with van der Waals surface area (Å²) in [7, 11) is 1.56. The number of ether oxygens (including phenoxy) is 2. The van der Waals surface area contributed by atoms with Gasteiger partial charge in [0.15, 0.2) is 5.75 Å². The minimum atomic E-state index is 0. The van der Waals surface area contributed by atoms with Crippen molar-refractivity contribution in [2.45, 2.75) is 6.04 Å². The van der Waals surface area contributed by atoms with Crippen LogP contribution in [0.25, 0.3) is 22.0 Å². The highest BCUT2D eigenvalue weighted by molar-refractivity contribution is 6.36. The molecule has 1 atom stereocenters. The van der Waals surface area contributed by atoms with Gasteiger partial charge in [0.25, 0.3) is 0 Å². The van der Waals surface area contributed by atoms with Crippen LogP contribution in [0.5, 0.6) is 17.2 Å². The van der Waals surface area contributed by atoms with Crippen LogP contribution in [0, 0.1) is 0 Å². The first kappa shape index (κ1) is 19.8. The lowest BCUT2D eigenvalue weighted by atomic mass is 10.0. The first-order valence-corrected chi connectivity index (χ1v) is 9.50. The van der Waals surface area contributed by atoms with E-state index in [0.29, 0.717) is 39.8 Å². The molecule has 3 aromatic rings. The molecule has 0 aliphatic carbocycles. The molecule has 29 heavy (non-hydrogen) atoms. The number of aromatic hydroxyl groups is 1. The van der Waals surface area contributed by atoms with E-state index in [1.807, 2.05) is 6.07 Å². The Morgan fingerprint density at radius 1 is 1.34 bits per heavy atom. The Hall–Kier alpha value is -2.48. The first-order valence-electron chi connectivity index (χ1n) is 9.12. The summed E-state index contributed by atoms with van der Waals surface area (Å²) in [5, 5.41) is 15.1. The second-order valence-electron chi connectivity index (χ2n) is 6.88. The molecule has 0 saturated carbocycles. The second-order valence-corrected chi connectivity index (χ2v) is 7.25. The summed E-state index contributed by atoms with van der Waals surface area (Å²) in [6, 6.07) is 7.14. The maximum atomic E-state index is 10.5. The molecule has 0 unspecified atom stereocenters. The molecule has 1 aromatic heterocycles. The van der Waals surface area contributed by atoms with E-state index < -0.39 is 0 Å². The standard InChI is InChI=1S/C20H19ClN4O3.ClH/c1-27-15-4-2-3-14(26)16(15)12-7-13-17-19(18(12)21)28-9-11-8-22-5-6-25(11)20(17)24-10-23-13;/h2-4,7,10-11,22,26H,5-6,8-9H2,1H3;1H/t11-;/m0./s1. The number of fused-ring (bicyclic) bond motifs is 2. The van der Waals surface area contributed by atoms with Crippen LogP contribution in [0.4, 0.5) is 5.82 Å². The topological polar surface area (TPSA) is 79.7 Å². The Labute approximate surface area is 179 Å². The van der Waals surface area contributed by atoms with E-state index in [9.17, 15) is 5.11 Å². The molecule has 1 saturated heterocycles. The summed E-state index contributed by atoms with van der Waals surface area (Å²) in [5.41, 5.74) is 1.84. The van der Waals surface area contributed by atoms with Crippen LogP contribution in [-0.4, -0.2) is 54.5 Å². The lowest BCUT2D eigenvalue weighted by molar-refractivity contribution is 0.274. The average molecular weight is 435 g/mol. The van der Waals surface area contributed by atoms with E-state index in [-0.39, 0.29) is 24.2 Å². The van der Waals surface area contributed by atoms with Crippen LogP contribution >= 0.6 is 24.0 Å². The lowest BCUT2D eigenvalue weighted by Crippen LogP contribution is -2.53. The van der Waals surface area contributed by atoms with Gasteiger partial charge in [-0.2, -0.15) is 0 Å². The van der Waals surface area contributed by atoms with Crippen molar-refractivity contribution < 1.29 is 14.6 Å². The number of phenolic OH excluding ortho intramolecular Hbond substituents is 1. The van der Waals surface area contributed by atoms with Gasteiger partial charge in [0, 0.05) is 25.2 Å². The third-order valence-corrected chi connectivity index (χ3v) is 5.71. The summed E-state index contributed by atoms with van der Waals surface area (Å²) in [6.45, 7) is 3.03. The zero-order valence-corrected chi connectivity index (χ0v) is 17.3. The number of piperazine rings is 1. The molecule has 0 radical (unpaired) electrons. The van der Waals surface area contributed by atoms with Crippen molar-refractivity contribution in [3.05, 3.63) is 35.6 Å². The highest BCUT2D eigenvalue weighted by atomic mass is 35.5. The highest BCUT2D eigenvalue weighted by Gasteiger charge is 2.32. The molecular formula is C20H20Cl2N4O3. The van der Waals surface area contributed by atoms with Gasteiger partial charge in [-0.15, -0.1) is 12.4 Å². The van der Waals surface area contributed by atoms with Gasteiger partial charge in [-0.1, -0.05) is 17.7 Å². The maximum Gasteiger partial charge on any atom is 0.151 e. The number of anilines is 1. The number of rotatable bonds is 2. The SMILES string of the molecule is COc1cccc(O)c1-c1cc2ncnc3c2c(c1Cl)OC[C@@H]1CNCCN31.Cl. The fourth-order valence-corrected chi connectivity index (χ4v) is 4.31. The van der Waals surface area contributed by atoms with Crippen LogP contribution in [-0.2, 0) is 0 Å². The fraction of sp³-hybridized carbons (Fsp3) is 0.300. The van der Waals surface area contributed by atoms with E-state index >= 15 is 0 Å². The van der Waals surface area contributed by atoms with Crippen molar-refractivity contribution in [3.8, 4) is 28.4 Å².